The number of hydrogen-bond acceptors (Lipinski definition) is 3. The minimum atomic E-state index is -0.608. The molecule has 0 radical (unpaired) electrons. The zero-order valence-corrected chi connectivity index (χ0v) is 23.2. The quantitative estimate of drug-likeness (QED) is 0.109. The van der Waals surface area contributed by atoms with E-state index in [9.17, 15) is 4.79 Å². The zero-order chi connectivity index (χ0) is 28.0. The fourth-order valence-electron chi connectivity index (χ4n) is 5.05. The largest absolute Gasteiger partial charge is 0.488 e. The van der Waals surface area contributed by atoms with Gasteiger partial charge in [0.05, 0.1) is 11.0 Å². The smallest absolute Gasteiger partial charge is 0.343 e. The van der Waals surface area contributed by atoms with E-state index in [1.165, 1.54) is 0 Å². The van der Waals surface area contributed by atoms with Gasteiger partial charge in [0.2, 0.25) is 0 Å². The molecule has 0 aliphatic carbocycles. The third kappa shape index (κ3) is 5.55. The third-order valence-electron chi connectivity index (χ3n) is 7.45. The van der Waals surface area contributed by atoms with Crippen molar-refractivity contribution >= 4 is 5.97 Å². The highest BCUT2D eigenvalue weighted by molar-refractivity contribution is 5.91. The Morgan fingerprint density at radius 3 is 1.40 bits per heavy atom. The minimum Gasteiger partial charge on any atom is -0.488 e. The van der Waals surface area contributed by atoms with Gasteiger partial charge in [-0.05, 0) is 78.9 Å². The molecular weight excluding hydrogens is 492 g/mol. The summed E-state index contributed by atoms with van der Waals surface area (Å²) in [5, 5.41) is 0. The maximum Gasteiger partial charge on any atom is 0.343 e. The average Bonchev–Trinajstić information content (AvgIpc) is 3.00. The van der Waals surface area contributed by atoms with Crippen LogP contribution in [0.4, 0.5) is 0 Å². The van der Waals surface area contributed by atoms with Crippen LogP contribution in [0.2, 0.25) is 0 Å². The minimum absolute atomic E-state index is 0.246. The molecule has 0 unspecified atom stereocenters. The molecule has 0 aliphatic rings. The molecule has 0 bridgehead atoms. The first-order valence-corrected chi connectivity index (χ1v) is 13.7. The Morgan fingerprint density at radius 1 is 0.550 bits per heavy atom. The second kappa shape index (κ2) is 11.6. The Kier molecular flexibility index (Phi) is 7.84. The van der Waals surface area contributed by atoms with E-state index in [1.807, 2.05) is 42.5 Å². The monoisotopic (exact) mass is 526 g/mol. The van der Waals surface area contributed by atoms with Gasteiger partial charge in [0, 0.05) is 0 Å². The van der Waals surface area contributed by atoms with Crippen LogP contribution >= 0.6 is 0 Å². The summed E-state index contributed by atoms with van der Waals surface area (Å²) in [7, 11) is 0. The average molecular weight is 527 g/mol. The van der Waals surface area contributed by atoms with Crippen LogP contribution in [0.1, 0.15) is 59.8 Å². The highest BCUT2D eigenvalue weighted by atomic mass is 16.5. The molecule has 0 heterocycles. The number of carbonyl (C=O) groups is 1. The fraction of sp³-hybridized carbons (Fsp3) is 0.162. The van der Waals surface area contributed by atoms with Gasteiger partial charge in [0.1, 0.15) is 17.1 Å². The number of esters is 1. The number of hydrogen-bond donors (Lipinski definition) is 0. The van der Waals surface area contributed by atoms with Gasteiger partial charge in [-0.2, -0.15) is 0 Å². The van der Waals surface area contributed by atoms with E-state index in [1.54, 1.807) is 12.1 Å². The molecule has 3 heteroatoms. The molecular formula is C37H34O3. The Balaban J connectivity index is 1.62. The molecule has 0 aromatic heterocycles. The van der Waals surface area contributed by atoms with Crippen LogP contribution in [0.5, 0.6) is 11.5 Å². The topological polar surface area (TPSA) is 35.5 Å². The fourth-order valence-corrected chi connectivity index (χ4v) is 5.05. The number of carbonyl (C=O) groups excluding carboxylic acids is 1. The molecule has 0 amide bonds. The van der Waals surface area contributed by atoms with Gasteiger partial charge in [-0.15, -0.1) is 0 Å². The van der Waals surface area contributed by atoms with Crippen LogP contribution < -0.4 is 9.47 Å². The molecule has 0 spiro atoms. The van der Waals surface area contributed by atoms with E-state index in [2.05, 4.69) is 106 Å². The summed E-state index contributed by atoms with van der Waals surface area (Å²) < 4.78 is 12.0. The van der Waals surface area contributed by atoms with Gasteiger partial charge in [0.25, 0.3) is 0 Å². The molecule has 0 atom stereocenters. The van der Waals surface area contributed by atoms with Gasteiger partial charge in [-0.3, -0.25) is 0 Å². The molecule has 200 valence electrons. The normalized spacial score (nSPS) is 11.6. The van der Waals surface area contributed by atoms with Gasteiger partial charge in [-0.25, -0.2) is 4.79 Å². The van der Waals surface area contributed by atoms with E-state index in [0.717, 1.165) is 34.4 Å². The number of ether oxygens (including phenoxy) is 2. The van der Waals surface area contributed by atoms with Crippen LogP contribution in [-0.4, -0.2) is 11.6 Å². The molecule has 0 saturated carbocycles. The highest BCUT2D eigenvalue weighted by Crippen LogP contribution is 2.46. The van der Waals surface area contributed by atoms with Crippen LogP contribution in [0.25, 0.3) is 0 Å². The molecule has 3 nitrogen and oxygen atoms in total. The van der Waals surface area contributed by atoms with E-state index in [0.29, 0.717) is 11.3 Å². The summed E-state index contributed by atoms with van der Waals surface area (Å²) in [5.74, 6) is 0.961. The second-order valence-corrected chi connectivity index (χ2v) is 10.5. The van der Waals surface area contributed by atoms with Gasteiger partial charge in [0.15, 0.2) is 0 Å². The van der Waals surface area contributed by atoms with Crippen molar-refractivity contribution in [2.24, 2.45) is 0 Å². The van der Waals surface area contributed by atoms with Crippen LogP contribution in [0, 0.1) is 0 Å². The summed E-state index contributed by atoms with van der Waals surface area (Å²) in [6.07, 6.45) is 0.911. The molecule has 5 rings (SSSR count). The summed E-state index contributed by atoms with van der Waals surface area (Å²) in [4.78, 5) is 12.7. The van der Waals surface area contributed by atoms with E-state index in [4.69, 9.17) is 9.47 Å². The summed E-state index contributed by atoms with van der Waals surface area (Å²) >= 11 is 0. The molecule has 0 saturated heterocycles. The molecule has 0 aliphatic heterocycles. The van der Waals surface area contributed by atoms with Crippen molar-refractivity contribution < 1.29 is 14.3 Å². The van der Waals surface area contributed by atoms with Gasteiger partial charge >= 0.3 is 5.97 Å². The van der Waals surface area contributed by atoms with Crippen LogP contribution in [0.15, 0.2) is 140 Å². The SMILES string of the molecule is CCC(C)(C)Oc1ccc(C(c2ccccc2)(c2ccccc2)c2ccc(OC(=O)c3ccccc3)cc2)cc1. The zero-order valence-electron chi connectivity index (χ0n) is 23.2. The van der Waals surface area contributed by atoms with E-state index >= 15 is 0 Å². The molecule has 40 heavy (non-hydrogen) atoms. The number of benzene rings is 5. The van der Waals surface area contributed by atoms with Gasteiger partial charge in [-0.1, -0.05) is 110 Å². The standard InChI is InChI=1S/C37H34O3/c1-4-36(2,3)40-34-26-22-32(23-27-34)37(29-16-10-6-11-17-29,30-18-12-7-13-19-30)31-20-24-33(25-21-31)39-35(38)28-14-8-5-9-15-28/h5-27H,4H2,1-3H3. The maximum absolute atomic E-state index is 12.7. The lowest BCUT2D eigenvalue weighted by atomic mass is 9.65. The summed E-state index contributed by atoms with van der Waals surface area (Å²) in [6, 6.07) is 46.4. The predicted octanol–water partition coefficient (Wildman–Crippen LogP) is 8.86. The maximum atomic E-state index is 12.7. The van der Waals surface area contributed by atoms with Crippen molar-refractivity contribution in [3.05, 3.63) is 167 Å². The van der Waals surface area contributed by atoms with Crippen molar-refractivity contribution in [3.8, 4) is 11.5 Å². The van der Waals surface area contributed by atoms with Gasteiger partial charge < -0.3 is 9.47 Å². The molecule has 5 aromatic carbocycles. The number of rotatable bonds is 9. The third-order valence-corrected chi connectivity index (χ3v) is 7.45. The highest BCUT2D eigenvalue weighted by Gasteiger charge is 2.38. The molecule has 0 N–H and O–H groups in total. The Bertz CT molecular complexity index is 1480. The first-order chi connectivity index (χ1) is 19.4. The molecule has 0 fully saturated rings. The lowest BCUT2D eigenvalue weighted by molar-refractivity contribution is 0.0734. The lowest BCUT2D eigenvalue weighted by Gasteiger charge is -2.37. The predicted molar refractivity (Wildman–Crippen MR) is 161 cm³/mol. The van der Waals surface area contributed by atoms with E-state index < -0.39 is 5.41 Å². The summed E-state index contributed by atoms with van der Waals surface area (Å²) in [5.41, 5.74) is 4.11. The summed E-state index contributed by atoms with van der Waals surface area (Å²) in [6.45, 7) is 6.33. The van der Waals surface area contributed by atoms with Crippen molar-refractivity contribution in [1.29, 1.82) is 0 Å². The first-order valence-electron chi connectivity index (χ1n) is 13.7. The van der Waals surface area contributed by atoms with Crippen molar-refractivity contribution in [1.82, 2.24) is 0 Å². The Labute approximate surface area is 237 Å². The Hall–Kier alpha value is -4.63. The van der Waals surface area contributed by atoms with Crippen LogP contribution in [-0.2, 0) is 5.41 Å². The van der Waals surface area contributed by atoms with E-state index in [-0.39, 0.29) is 11.6 Å². The van der Waals surface area contributed by atoms with Crippen molar-refractivity contribution in [3.63, 3.8) is 0 Å². The second-order valence-electron chi connectivity index (χ2n) is 10.5. The van der Waals surface area contributed by atoms with Crippen molar-refractivity contribution in [2.75, 3.05) is 0 Å². The first kappa shape index (κ1) is 27.0. The Morgan fingerprint density at radius 2 is 0.950 bits per heavy atom. The molecule has 5 aromatic rings. The van der Waals surface area contributed by atoms with Crippen molar-refractivity contribution in [2.45, 2.75) is 38.2 Å². The van der Waals surface area contributed by atoms with Crippen LogP contribution in [0.3, 0.4) is 0 Å². The lowest BCUT2D eigenvalue weighted by Crippen LogP contribution is -2.31.